The van der Waals surface area contributed by atoms with E-state index in [-0.39, 0.29) is 17.6 Å². The molecule has 0 aliphatic carbocycles. The van der Waals surface area contributed by atoms with Crippen molar-refractivity contribution in [1.29, 1.82) is 0 Å². The summed E-state index contributed by atoms with van der Waals surface area (Å²) in [7, 11) is 0. The van der Waals surface area contributed by atoms with E-state index in [1.165, 1.54) is 0 Å². The van der Waals surface area contributed by atoms with Crippen LogP contribution in [0.4, 0.5) is 5.69 Å². The Kier molecular flexibility index (Phi) is 4.48. The molecule has 1 aromatic carbocycles. The standard InChI is InChI=1S/C15H22N2O2S/c1-15(2)9-12(17-14(18)6-7-20-3)11-8-10(16)4-5-13(11)19-15/h4-5,8,12H,6-7,9,16H2,1-3H3,(H,17,18). The van der Waals surface area contributed by atoms with Gasteiger partial charge in [-0.25, -0.2) is 0 Å². The zero-order valence-electron chi connectivity index (χ0n) is 12.2. The first-order chi connectivity index (χ1) is 9.41. The molecule has 1 aromatic rings. The van der Waals surface area contributed by atoms with Gasteiger partial charge in [-0.05, 0) is 38.3 Å². The molecule has 1 amide bonds. The minimum Gasteiger partial charge on any atom is -0.487 e. The molecule has 110 valence electrons. The molecule has 0 saturated heterocycles. The number of hydrogen-bond acceptors (Lipinski definition) is 4. The van der Waals surface area contributed by atoms with E-state index in [0.29, 0.717) is 12.1 Å². The average Bonchev–Trinajstić information content (AvgIpc) is 2.36. The second kappa shape index (κ2) is 5.95. The summed E-state index contributed by atoms with van der Waals surface area (Å²) in [5.74, 6) is 1.73. The molecule has 3 N–H and O–H groups in total. The van der Waals surface area contributed by atoms with Crippen LogP contribution in [-0.2, 0) is 4.79 Å². The van der Waals surface area contributed by atoms with Crippen LogP contribution in [0.2, 0.25) is 0 Å². The molecule has 4 nitrogen and oxygen atoms in total. The summed E-state index contributed by atoms with van der Waals surface area (Å²) in [6, 6.07) is 5.57. The van der Waals surface area contributed by atoms with E-state index in [1.807, 2.05) is 38.3 Å². The first-order valence-corrected chi connectivity index (χ1v) is 8.17. The SMILES string of the molecule is CSCCC(=O)NC1CC(C)(C)Oc2ccc(N)cc21. The van der Waals surface area contributed by atoms with Gasteiger partial charge in [-0.3, -0.25) is 4.79 Å². The maximum atomic E-state index is 12.0. The second-order valence-corrected chi connectivity index (χ2v) is 6.71. The lowest BCUT2D eigenvalue weighted by Gasteiger charge is -2.38. The maximum absolute atomic E-state index is 12.0. The molecule has 0 aromatic heterocycles. The average molecular weight is 294 g/mol. The summed E-state index contributed by atoms with van der Waals surface area (Å²) in [6.07, 6.45) is 3.28. The molecule has 20 heavy (non-hydrogen) atoms. The normalized spacial score (nSPS) is 19.9. The van der Waals surface area contributed by atoms with Gasteiger partial charge in [-0.15, -0.1) is 0 Å². The lowest BCUT2D eigenvalue weighted by atomic mass is 9.89. The van der Waals surface area contributed by atoms with Crippen molar-refractivity contribution in [2.45, 2.75) is 38.3 Å². The Balaban J connectivity index is 2.20. The number of carbonyl (C=O) groups is 1. The van der Waals surface area contributed by atoms with Gasteiger partial charge in [0.1, 0.15) is 11.4 Å². The number of hydrogen-bond donors (Lipinski definition) is 2. The van der Waals surface area contributed by atoms with Crippen molar-refractivity contribution < 1.29 is 9.53 Å². The summed E-state index contributed by atoms with van der Waals surface area (Å²) in [4.78, 5) is 12.0. The third-order valence-corrected chi connectivity index (χ3v) is 3.97. The van der Waals surface area contributed by atoms with Gasteiger partial charge in [0, 0.05) is 29.8 Å². The zero-order chi connectivity index (χ0) is 14.8. The first kappa shape index (κ1) is 15.0. The van der Waals surface area contributed by atoms with Crippen LogP contribution < -0.4 is 15.8 Å². The number of carbonyl (C=O) groups excluding carboxylic acids is 1. The Bertz CT molecular complexity index is 503. The van der Waals surface area contributed by atoms with Gasteiger partial charge < -0.3 is 15.8 Å². The van der Waals surface area contributed by atoms with Crippen LogP contribution in [0.25, 0.3) is 0 Å². The van der Waals surface area contributed by atoms with E-state index in [2.05, 4.69) is 5.32 Å². The number of nitrogens with one attached hydrogen (secondary N) is 1. The van der Waals surface area contributed by atoms with Crippen molar-refractivity contribution in [3.63, 3.8) is 0 Å². The molecular weight excluding hydrogens is 272 g/mol. The van der Waals surface area contributed by atoms with Crippen molar-refractivity contribution in [3.8, 4) is 5.75 Å². The minimum atomic E-state index is -0.291. The van der Waals surface area contributed by atoms with E-state index in [9.17, 15) is 4.79 Å². The predicted octanol–water partition coefficient (Wildman–Crippen LogP) is 2.74. The van der Waals surface area contributed by atoms with Gasteiger partial charge in [0.05, 0.1) is 6.04 Å². The largest absolute Gasteiger partial charge is 0.487 e. The van der Waals surface area contributed by atoms with Crippen LogP contribution in [-0.4, -0.2) is 23.5 Å². The Morgan fingerprint density at radius 1 is 1.55 bits per heavy atom. The molecule has 1 aliphatic rings. The molecular formula is C15H22N2O2S. The van der Waals surface area contributed by atoms with Gasteiger partial charge in [0.15, 0.2) is 0 Å². The van der Waals surface area contributed by atoms with E-state index in [0.717, 1.165) is 23.5 Å². The monoisotopic (exact) mass is 294 g/mol. The molecule has 0 fully saturated rings. The van der Waals surface area contributed by atoms with Crippen molar-refractivity contribution in [2.75, 3.05) is 17.7 Å². The highest BCUT2D eigenvalue weighted by atomic mass is 32.2. The van der Waals surface area contributed by atoms with E-state index >= 15 is 0 Å². The van der Waals surface area contributed by atoms with Crippen molar-refractivity contribution in [3.05, 3.63) is 23.8 Å². The summed E-state index contributed by atoms with van der Waals surface area (Å²) in [6.45, 7) is 4.07. The zero-order valence-corrected chi connectivity index (χ0v) is 13.0. The lowest BCUT2D eigenvalue weighted by molar-refractivity contribution is -0.121. The van der Waals surface area contributed by atoms with E-state index in [4.69, 9.17) is 10.5 Å². The number of nitrogens with two attached hydrogens (primary N) is 1. The van der Waals surface area contributed by atoms with Gasteiger partial charge >= 0.3 is 0 Å². The van der Waals surface area contributed by atoms with Gasteiger partial charge in [0.25, 0.3) is 0 Å². The Morgan fingerprint density at radius 3 is 3.00 bits per heavy atom. The quantitative estimate of drug-likeness (QED) is 0.838. The van der Waals surface area contributed by atoms with Crippen LogP contribution in [0.3, 0.4) is 0 Å². The molecule has 0 bridgehead atoms. The van der Waals surface area contributed by atoms with Gasteiger partial charge in [-0.1, -0.05) is 0 Å². The van der Waals surface area contributed by atoms with E-state index in [1.54, 1.807) is 11.8 Å². The van der Waals surface area contributed by atoms with Gasteiger partial charge in [0.2, 0.25) is 5.91 Å². The number of anilines is 1. The number of ether oxygens (including phenoxy) is 1. The first-order valence-electron chi connectivity index (χ1n) is 6.78. The number of rotatable bonds is 4. The van der Waals surface area contributed by atoms with Crippen molar-refractivity contribution >= 4 is 23.4 Å². The molecule has 1 heterocycles. The lowest BCUT2D eigenvalue weighted by Crippen LogP contribution is -2.41. The smallest absolute Gasteiger partial charge is 0.221 e. The van der Waals surface area contributed by atoms with Crippen molar-refractivity contribution in [1.82, 2.24) is 5.32 Å². The Morgan fingerprint density at radius 2 is 2.30 bits per heavy atom. The highest BCUT2D eigenvalue weighted by Crippen LogP contribution is 2.40. The number of nitrogen functional groups attached to an aromatic ring is 1. The topological polar surface area (TPSA) is 64.3 Å². The summed E-state index contributed by atoms with van der Waals surface area (Å²) >= 11 is 1.67. The molecule has 0 radical (unpaired) electrons. The second-order valence-electron chi connectivity index (χ2n) is 5.73. The third kappa shape index (κ3) is 3.60. The van der Waals surface area contributed by atoms with Crippen LogP contribution in [0.5, 0.6) is 5.75 Å². The molecule has 1 aliphatic heterocycles. The fourth-order valence-electron chi connectivity index (χ4n) is 2.46. The third-order valence-electron chi connectivity index (χ3n) is 3.36. The molecule has 0 saturated carbocycles. The summed E-state index contributed by atoms with van der Waals surface area (Å²) < 4.78 is 5.96. The maximum Gasteiger partial charge on any atom is 0.221 e. The molecule has 2 rings (SSSR count). The number of thioether (sulfide) groups is 1. The fourth-order valence-corrected chi connectivity index (χ4v) is 2.85. The number of amides is 1. The highest BCUT2D eigenvalue weighted by molar-refractivity contribution is 7.98. The van der Waals surface area contributed by atoms with E-state index < -0.39 is 0 Å². The molecule has 0 spiro atoms. The highest BCUT2D eigenvalue weighted by Gasteiger charge is 2.34. The minimum absolute atomic E-state index is 0.0355. The summed E-state index contributed by atoms with van der Waals surface area (Å²) in [5, 5.41) is 3.10. The Hall–Kier alpha value is -1.36. The number of benzene rings is 1. The van der Waals surface area contributed by atoms with Gasteiger partial charge in [-0.2, -0.15) is 11.8 Å². The molecule has 1 unspecified atom stereocenters. The fraction of sp³-hybridized carbons (Fsp3) is 0.533. The molecule has 5 heteroatoms. The van der Waals surface area contributed by atoms with Crippen LogP contribution in [0.1, 0.15) is 38.3 Å². The van der Waals surface area contributed by atoms with Crippen molar-refractivity contribution in [2.24, 2.45) is 0 Å². The van der Waals surface area contributed by atoms with Crippen LogP contribution in [0.15, 0.2) is 18.2 Å². The van der Waals surface area contributed by atoms with Crippen LogP contribution >= 0.6 is 11.8 Å². The Labute approximate surface area is 124 Å². The van der Waals surface area contributed by atoms with Crippen LogP contribution in [0, 0.1) is 0 Å². The summed E-state index contributed by atoms with van der Waals surface area (Å²) in [5.41, 5.74) is 7.22. The molecule has 1 atom stereocenters. The predicted molar refractivity (Wildman–Crippen MR) is 84.1 cm³/mol. The number of fused-ring (bicyclic) bond motifs is 1.